The van der Waals surface area contributed by atoms with E-state index in [1.54, 1.807) is 4.90 Å². The molecule has 27 heavy (non-hydrogen) atoms. The Kier molecular flexibility index (Phi) is 6.12. The molecular weight excluding hydrogens is 338 g/mol. The van der Waals surface area contributed by atoms with Crippen molar-refractivity contribution in [2.45, 2.75) is 26.7 Å². The van der Waals surface area contributed by atoms with E-state index in [2.05, 4.69) is 41.4 Å². The van der Waals surface area contributed by atoms with Gasteiger partial charge in [-0.05, 0) is 42.7 Å². The van der Waals surface area contributed by atoms with E-state index in [-0.39, 0.29) is 18.2 Å². The van der Waals surface area contributed by atoms with Crippen LogP contribution >= 0.6 is 0 Å². The molecule has 0 spiro atoms. The molecule has 5 heteroatoms. The van der Waals surface area contributed by atoms with Crippen LogP contribution in [0.25, 0.3) is 0 Å². The Morgan fingerprint density at radius 2 is 1.74 bits per heavy atom. The predicted octanol–water partition coefficient (Wildman–Crippen LogP) is 3.23. The Hall–Kier alpha value is -2.82. The Bertz CT molecular complexity index is 811. The van der Waals surface area contributed by atoms with E-state index in [0.29, 0.717) is 13.1 Å². The van der Waals surface area contributed by atoms with Crippen LogP contribution in [0.5, 0.6) is 0 Å². The lowest BCUT2D eigenvalue weighted by molar-refractivity contribution is -0.134. The van der Waals surface area contributed by atoms with E-state index in [0.717, 1.165) is 30.8 Å². The molecule has 0 saturated carbocycles. The number of para-hydroxylation sites is 1. The minimum atomic E-state index is -0.248. The number of hydrogen-bond donors (Lipinski definition) is 1. The summed E-state index contributed by atoms with van der Waals surface area (Å²) in [6.45, 7) is 6.99. The van der Waals surface area contributed by atoms with E-state index in [4.69, 9.17) is 0 Å². The first-order chi connectivity index (χ1) is 13.1. The standard InChI is InChI=1S/C22H27N3O2/c1-3-18-8-4-5-10-20(18)23-21(26)16-22(27)25-13-11-24(12-14-25)19-9-6-7-17(2)15-19/h4-10,15H,3,11-14,16H2,1-2H3,(H,23,26). The SMILES string of the molecule is CCc1ccccc1NC(=O)CC(=O)N1CCN(c2cccc(C)c2)CC1. The largest absolute Gasteiger partial charge is 0.368 e. The second-order valence-electron chi connectivity index (χ2n) is 6.94. The highest BCUT2D eigenvalue weighted by molar-refractivity contribution is 6.03. The van der Waals surface area contributed by atoms with Crippen LogP contribution in [0.4, 0.5) is 11.4 Å². The van der Waals surface area contributed by atoms with Gasteiger partial charge in [0.05, 0.1) is 0 Å². The van der Waals surface area contributed by atoms with Gasteiger partial charge in [-0.3, -0.25) is 9.59 Å². The van der Waals surface area contributed by atoms with Crippen molar-refractivity contribution in [1.29, 1.82) is 0 Å². The molecule has 0 aliphatic carbocycles. The molecule has 1 heterocycles. The Morgan fingerprint density at radius 3 is 2.44 bits per heavy atom. The van der Waals surface area contributed by atoms with Gasteiger partial charge in [0.15, 0.2) is 0 Å². The minimum Gasteiger partial charge on any atom is -0.368 e. The third-order valence-electron chi connectivity index (χ3n) is 4.98. The molecule has 1 fully saturated rings. The lowest BCUT2D eigenvalue weighted by Gasteiger charge is -2.36. The molecule has 5 nitrogen and oxygen atoms in total. The molecule has 0 radical (unpaired) electrons. The second-order valence-corrected chi connectivity index (χ2v) is 6.94. The normalized spacial score (nSPS) is 14.1. The van der Waals surface area contributed by atoms with Crippen LogP contribution in [0, 0.1) is 6.92 Å². The van der Waals surface area contributed by atoms with Crippen LogP contribution in [0.1, 0.15) is 24.5 Å². The zero-order chi connectivity index (χ0) is 19.2. The predicted molar refractivity (Wildman–Crippen MR) is 109 cm³/mol. The van der Waals surface area contributed by atoms with Gasteiger partial charge in [-0.2, -0.15) is 0 Å². The number of carbonyl (C=O) groups is 2. The molecule has 1 aliphatic heterocycles. The molecule has 2 aromatic carbocycles. The maximum atomic E-state index is 12.5. The smallest absolute Gasteiger partial charge is 0.233 e. The quantitative estimate of drug-likeness (QED) is 0.828. The third kappa shape index (κ3) is 4.88. The minimum absolute atomic E-state index is 0.106. The average Bonchev–Trinajstić information content (AvgIpc) is 2.68. The summed E-state index contributed by atoms with van der Waals surface area (Å²) in [6.07, 6.45) is 0.730. The molecule has 0 unspecified atom stereocenters. The third-order valence-corrected chi connectivity index (χ3v) is 4.98. The molecule has 1 N–H and O–H groups in total. The average molecular weight is 365 g/mol. The first kappa shape index (κ1) is 19.0. The van der Waals surface area contributed by atoms with Crippen molar-refractivity contribution in [1.82, 2.24) is 4.90 Å². The van der Waals surface area contributed by atoms with E-state index in [9.17, 15) is 9.59 Å². The monoisotopic (exact) mass is 365 g/mol. The summed E-state index contributed by atoms with van der Waals surface area (Å²) in [7, 11) is 0. The Balaban J connectivity index is 1.51. The van der Waals surface area contributed by atoms with Crippen LogP contribution in [0.2, 0.25) is 0 Å². The molecule has 0 aromatic heterocycles. The van der Waals surface area contributed by atoms with Gasteiger partial charge in [-0.1, -0.05) is 37.3 Å². The maximum Gasteiger partial charge on any atom is 0.233 e. The van der Waals surface area contributed by atoms with Crippen molar-refractivity contribution >= 4 is 23.2 Å². The van der Waals surface area contributed by atoms with Crippen LogP contribution in [-0.2, 0) is 16.0 Å². The van der Waals surface area contributed by atoms with Crippen molar-refractivity contribution in [3.8, 4) is 0 Å². The fourth-order valence-corrected chi connectivity index (χ4v) is 3.43. The zero-order valence-corrected chi connectivity index (χ0v) is 16.1. The van der Waals surface area contributed by atoms with Crippen molar-refractivity contribution in [2.24, 2.45) is 0 Å². The summed E-state index contributed by atoms with van der Waals surface area (Å²) >= 11 is 0. The Labute approximate surface area is 161 Å². The molecule has 3 rings (SSSR count). The van der Waals surface area contributed by atoms with Crippen LogP contribution < -0.4 is 10.2 Å². The van der Waals surface area contributed by atoms with Gasteiger partial charge < -0.3 is 15.1 Å². The van der Waals surface area contributed by atoms with Crippen molar-refractivity contribution < 1.29 is 9.59 Å². The fourth-order valence-electron chi connectivity index (χ4n) is 3.43. The summed E-state index contributed by atoms with van der Waals surface area (Å²) in [5, 5.41) is 2.88. The van der Waals surface area contributed by atoms with E-state index < -0.39 is 0 Å². The highest BCUT2D eigenvalue weighted by Gasteiger charge is 2.23. The summed E-state index contributed by atoms with van der Waals surface area (Å²) in [5.74, 6) is -0.354. The van der Waals surface area contributed by atoms with Gasteiger partial charge >= 0.3 is 0 Å². The first-order valence-electron chi connectivity index (χ1n) is 9.54. The van der Waals surface area contributed by atoms with Gasteiger partial charge in [-0.25, -0.2) is 0 Å². The lowest BCUT2D eigenvalue weighted by Crippen LogP contribution is -2.49. The highest BCUT2D eigenvalue weighted by Crippen LogP contribution is 2.19. The van der Waals surface area contributed by atoms with Gasteiger partial charge in [0.25, 0.3) is 0 Å². The summed E-state index contributed by atoms with van der Waals surface area (Å²) < 4.78 is 0. The van der Waals surface area contributed by atoms with Gasteiger partial charge in [-0.15, -0.1) is 0 Å². The highest BCUT2D eigenvalue weighted by atomic mass is 16.2. The van der Waals surface area contributed by atoms with Gasteiger partial charge in [0, 0.05) is 37.6 Å². The van der Waals surface area contributed by atoms with Crippen LogP contribution in [-0.4, -0.2) is 42.9 Å². The van der Waals surface area contributed by atoms with Crippen LogP contribution in [0.3, 0.4) is 0 Å². The second kappa shape index (κ2) is 8.71. The number of rotatable bonds is 5. The lowest BCUT2D eigenvalue weighted by atomic mass is 10.1. The van der Waals surface area contributed by atoms with E-state index in [1.807, 2.05) is 31.2 Å². The molecule has 2 amide bonds. The van der Waals surface area contributed by atoms with E-state index in [1.165, 1.54) is 11.3 Å². The molecule has 142 valence electrons. The van der Waals surface area contributed by atoms with Crippen molar-refractivity contribution in [2.75, 3.05) is 36.4 Å². The molecule has 2 aromatic rings. The number of aryl methyl sites for hydroxylation is 2. The van der Waals surface area contributed by atoms with Gasteiger partial charge in [0.1, 0.15) is 6.42 Å². The number of anilines is 2. The zero-order valence-electron chi connectivity index (χ0n) is 16.1. The van der Waals surface area contributed by atoms with Crippen molar-refractivity contribution in [3.05, 3.63) is 59.7 Å². The summed E-state index contributed by atoms with van der Waals surface area (Å²) in [4.78, 5) is 28.9. The molecule has 1 saturated heterocycles. The summed E-state index contributed by atoms with van der Waals surface area (Å²) in [6, 6.07) is 16.1. The van der Waals surface area contributed by atoms with Crippen LogP contribution in [0.15, 0.2) is 48.5 Å². The number of hydrogen-bond acceptors (Lipinski definition) is 3. The summed E-state index contributed by atoms with van der Waals surface area (Å²) in [5.41, 5.74) is 4.29. The number of carbonyl (C=O) groups excluding carboxylic acids is 2. The molecular formula is C22H27N3O2. The fraction of sp³-hybridized carbons (Fsp3) is 0.364. The number of piperazine rings is 1. The molecule has 0 bridgehead atoms. The van der Waals surface area contributed by atoms with E-state index >= 15 is 0 Å². The first-order valence-corrected chi connectivity index (χ1v) is 9.54. The number of nitrogens with one attached hydrogen (secondary N) is 1. The number of benzene rings is 2. The number of amides is 2. The Morgan fingerprint density at radius 1 is 1.00 bits per heavy atom. The molecule has 1 aliphatic rings. The molecule has 0 atom stereocenters. The topological polar surface area (TPSA) is 52.7 Å². The van der Waals surface area contributed by atoms with Crippen molar-refractivity contribution in [3.63, 3.8) is 0 Å². The maximum absolute atomic E-state index is 12.5. The van der Waals surface area contributed by atoms with Gasteiger partial charge in [0.2, 0.25) is 11.8 Å². The number of nitrogens with zero attached hydrogens (tertiary/aromatic N) is 2.